The maximum absolute atomic E-state index is 14.2. The highest BCUT2D eigenvalue weighted by Gasteiger charge is 2.37. The number of aliphatic hydroxyl groups is 1. The molecule has 1 heterocycles. The lowest BCUT2D eigenvalue weighted by molar-refractivity contribution is -0.122. The van der Waals surface area contributed by atoms with Crippen molar-refractivity contribution in [3.63, 3.8) is 0 Å². The molecule has 1 atom stereocenters. The molecule has 1 aliphatic carbocycles. The molecule has 6 nitrogen and oxygen atoms in total. The minimum Gasteiger partial charge on any atom is -0.393 e. The Labute approximate surface area is 148 Å². The Hall–Kier alpha value is -2.61. The number of nitrogens with zero attached hydrogens (tertiary/aromatic N) is 1. The van der Waals surface area contributed by atoms with Gasteiger partial charge in [-0.1, -0.05) is 6.07 Å². The second-order valence-electron chi connectivity index (χ2n) is 6.60. The first-order chi connectivity index (χ1) is 12.3. The molecule has 0 aliphatic heterocycles. The van der Waals surface area contributed by atoms with E-state index in [1.54, 1.807) is 6.92 Å². The number of aromatic amines is 1. The van der Waals surface area contributed by atoms with Crippen molar-refractivity contribution in [1.82, 2.24) is 15.3 Å². The number of hydrogen-bond donors (Lipinski definition) is 3. The summed E-state index contributed by atoms with van der Waals surface area (Å²) in [5, 5.41) is 12.3. The van der Waals surface area contributed by atoms with Crippen LogP contribution in [0.4, 0.5) is 8.78 Å². The Morgan fingerprint density at radius 2 is 2.15 bits per heavy atom. The maximum Gasteiger partial charge on any atom is 0.254 e. The molecule has 0 saturated heterocycles. The molecule has 0 bridgehead atoms. The Kier molecular flexibility index (Phi) is 5.13. The van der Waals surface area contributed by atoms with E-state index in [1.807, 2.05) is 0 Å². The molecule has 3 rings (SSSR count). The number of rotatable bonds is 5. The predicted molar refractivity (Wildman–Crippen MR) is 89.3 cm³/mol. The minimum absolute atomic E-state index is 0.160. The smallest absolute Gasteiger partial charge is 0.254 e. The Morgan fingerprint density at radius 1 is 1.42 bits per heavy atom. The Bertz CT molecular complexity index is 878. The highest BCUT2D eigenvalue weighted by molar-refractivity contribution is 5.79. The van der Waals surface area contributed by atoms with Gasteiger partial charge >= 0.3 is 0 Å². The highest BCUT2D eigenvalue weighted by Crippen LogP contribution is 2.39. The molecule has 1 aromatic heterocycles. The largest absolute Gasteiger partial charge is 0.393 e. The van der Waals surface area contributed by atoms with Crippen LogP contribution in [0.2, 0.25) is 0 Å². The Morgan fingerprint density at radius 3 is 2.77 bits per heavy atom. The van der Waals surface area contributed by atoms with Crippen molar-refractivity contribution in [2.75, 3.05) is 0 Å². The molecule has 0 spiro atoms. The zero-order valence-electron chi connectivity index (χ0n) is 14.1. The molecule has 2 aromatic rings. The zero-order valence-corrected chi connectivity index (χ0v) is 14.1. The summed E-state index contributed by atoms with van der Waals surface area (Å²) >= 11 is 0. The molecule has 1 amide bonds. The average Bonchev–Trinajstić information content (AvgIpc) is 2.53. The fraction of sp³-hybridized carbons (Fsp3) is 0.389. The van der Waals surface area contributed by atoms with Gasteiger partial charge in [-0.2, -0.15) is 0 Å². The van der Waals surface area contributed by atoms with Gasteiger partial charge in [0.25, 0.3) is 5.56 Å². The third kappa shape index (κ3) is 3.96. The standard InChI is InChI=1S/C18H19F2N3O3/c1-9-21-8-11(18(26)22-9)6-16(25)23-17(10-4-13(24)5-10)14-3-2-12(19)7-15(14)20/h2-3,7-8,10,13,17,24H,4-6H2,1H3,(H,23,25)(H,21,22,26). The van der Waals surface area contributed by atoms with E-state index in [9.17, 15) is 23.5 Å². The quantitative estimate of drug-likeness (QED) is 0.751. The number of aryl methyl sites for hydroxylation is 1. The molecule has 1 aromatic carbocycles. The minimum atomic E-state index is -0.758. The number of carbonyl (C=O) groups is 1. The van der Waals surface area contributed by atoms with E-state index in [0.29, 0.717) is 18.7 Å². The van der Waals surface area contributed by atoms with Crippen LogP contribution in [0, 0.1) is 24.5 Å². The van der Waals surface area contributed by atoms with Gasteiger partial charge in [-0.05, 0) is 31.7 Å². The van der Waals surface area contributed by atoms with Gasteiger partial charge in [0.2, 0.25) is 5.91 Å². The molecular formula is C18H19F2N3O3. The van der Waals surface area contributed by atoms with Crippen LogP contribution in [-0.2, 0) is 11.2 Å². The predicted octanol–water partition coefficient (Wildman–Crippen LogP) is 1.53. The molecule has 0 radical (unpaired) electrons. The van der Waals surface area contributed by atoms with Gasteiger partial charge in [0.15, 0.2) is 0 Å². The number of hydrogen-bond acceptors (Lipinski definition) is 4. The van der Waals surface area contributed by atoms with E-state index in [-0.39, 0.29) is 23.5 Å². The number of H-pyrrole nitrogens is 1. The van der Waals surface area contributed by atoms with E-state index < -0.39 is 35.2 Å². The lowest BCUT2D eigenvalue weighted by Crippen LogP contribution is -2.42. The summed E-state index contributed by atoms with van der Waals surface area (Å²) in [5.74, 6) is -1.66. The molecule has 1 saturated carbocycles. The fourth-order valence-electron chi connectivity index (χ4n) is 3.14. The van der Waals surface area contributed by atoms with E-state index in [4.69, 9.17) is 0 Å². The fourth-order valence-corrected chi connectivity index (χ4v) is 3.14. The first kappa shape index (κ1) is 18.2. The number of carbonyl (C=O) groups excluding carboxylic acids is 1. The van der Waals surface area contributed by atoms with Crippen LogP contribution in [0.15, 0.2) is 29.2 Å². The Balaban J connectivity index is 1.79. The van der Waals surface area contributed by atoms with Crippen molar-refractivity contribution < 1.29 is 18.7 Å². The second-order valence-corrected chi connectivity index (χ2v) is 6.60. The maximum atomic E-state index is 14.2. The van der Waals surface area contributed by atoms with Gasteiger partial charge in [-0.15, -0.1) is 0 Å². The zero-order chi connectivity index (χ0) is 18.8. The van der Waals surface area contributed by atoms with Crippen molar-refractivity contribution in [3.05, 3.63) is 63.3 Å². The van der Waals surface area contributed by atoms with Gasteiger partial charge in [0, 0.05) is 23.4 Å². The normalized spacial score (nSPS) is 20.3. The monoisotopic (exact) mass is 363 g/mol. The van der Waals surface area contributed by atoms with Gasteiger partial charge in [0.05, 0.1) is 18.6 Å². The summed E-state index contributed by atoms with van der Waals surface area (Å²) in [6.45, 7) is 1.63. The number of amides is 1. The summed E-state index contributed by atoms with van der Waals surface area (Å²) in [6, 6.07) is 2.48. The van der Waals surface area contributed by atoms with Crippen molar-refractivity contribution in [1.29, 1.82) is 0 Å². The summed E-state index contributed by atoms with van der Waals surface area (Å²) in [6.07, 6.45) is 1.45. The third-order valence-electron chi connectivity index (χ3n) is 4.59. The van der Waals surface area contributed by atoms with Crippen LogP contribution in [0.25, 0.3) is 0 Å². The molecule has 1 unspecified atom stereocenters. The second kappa shape index (κ2) is 7.33. The van der Waals surface area contributed by atoms with Crippen LogP contribution in [0.3, 0.4) is 0 Å². The SMILES string of the molecule is Cc1ncc(CC(=O)NC(c2ccc(F)cc2F)C2CC(O)C2)c(=O)[nH]1. The van der Waals surface area contributed by atoms with Crippen molar-refractivity contribution in [2.45, 2.75) is 38.3 Å². The highest BCUT2D eigenvalue weighted by atomic mass is 19.1. The number of halogens is 2. The molecular weight excluding hydrogens is 344 g/mol. The van der Waals surface area contributed by atoms with E-state index in [2.05, 4.69) is 15.3 Å². The van der Waals surface area contributed by atoms with Crippen molar-refractivity contribution in [2.24, 2.45) is 5.92 Å². The average molecular weight is 363 g/mol. The van der Waals surface area contributed by atoms with Gasteiger partial charge < -0.3 is 15.4 Å². The number of benzene rings is 1. The van der Waals surface area contributed by atoms with Crippen LogP contribution in [0.1, 0.15) is 35.8 Å². The lowest BCUT2D eigenvalue weighted by atomic mass is 9.75. The van der Waals surface area contributed by atoms with Crippen molar-refractivity contribution in [3.8, 4) is 0 Å². The van der Waals surface area contributed by atoms with Crippen LogP contribution in [0.5, 0.6) is 0 Å². The summed E-state index contributed by atoms with van der Waals surface area (Å²) < 4.78 is 27.4. The van der Waals surface area contributed by atoms with Crippen LogP contribution >= 0.6 is 0 Å². The summed E-state index contributed by atoms with van der Waals surface area (Å²) in [4.78, 5) is 30.7. The molecule has 8 heteroatoms. The molecule has 1 fully saturated rings. The van der Waals surface area contributed by atoms with E-state index in [0.717, 1.165) is 12.1 Å². The number of nitrogens with one attached hydrogen (secondary N) is 2. The molecule has 138 valence electrons. The summed E-state index contributed by atoms with van der Waals surface area (Å²) in [5.41, 5.74) is -0.0520. The molecule has 26 heavy (non-hydrogen) atoms. The summed E-state index contributed by atoms with van der Waals surface area (Å²) in [7, 11) is 0. The van der Waals surface area contributed by atoms with Gasteiger partial charge in [-0.3, -0.25) is 9.59 Å². The molecule has 1 aliphatic rings. The topological polar surface area (TPSA) is 95.1 Å². The van der Waals surface area contributed by atoms with E-state index in [1.165, 1.54) is 12.3 Å². The number of aliphatic hydroxyl groups excluding tert-OH is 1. The lowest BCUT2D eigenvalue weighted by Gasteiger charge is -2.38. The van der Waals surface area contributed by atoms with Crippen LogP contribution < -0.4 is 10.9 Å². The van der Waals surface area contributed by atoms with E-state index >= 15 is 0 Å². The van der Waals surface area contributed by atoms with Gasteiger partial charge in [-0.25, -0.2) is 13.8 Å². The number of aromatic nitrogens is 2. The van der Waals surface area contributed by atoms with Crippen LogP contribution in [-0.4, -0.2) is 27.1 Å². The third-order valence-corrected chi connectivity index (χ3v) is 4.59. The first-order valence-corrected chi connectivity index (χ1v) is 8.30. The van der Waals surface area contributed by atoms with Crippen molar-refractivity contribution >= 4 is 5.91 Å². The first-order valence-electron chi connectivity index (χ1n) is 8.30. The molecule has 3 N–H and O–H groups in total. The van der Waals surface area contributed by atoms with Gasteiger partial charge in [0.1, 0.15) is 17.5 Å².